The van der Waals surface area contributed by atoms with Gasteiger partial charge in [-0.2, -0.15) is 0 Å². The molecule has 0 aliphatic carbocycles. The molecule has 0 unspecified atom stereocenters. The van der Waals surface area contributed by atoms with Gasteiger partial charge in [-0.3, -0.25) is 24.6 Å². The molecule has 0 bridgehead atoms. The van der Waals surface area contributed by atoms with Crippen molar-refractivity contribution in [2.45, 2.75) is 32.2 Å². The van der Waals surface area contributed by atoms with E-state index in [9.17, 15) is 14.4 Å². The highest BCUT2D eigenvalue weighted by Gasteiger charge is 2.43. The first kappa shape index (κ1) is 17.6. The summed E-state index contributed by atoms with van der Waals surface area (Å²) in [7, 11) is 0. The third-order valence-electron chi connectivity index (χ3n) is 5.74. The first-order valence-electron chi connectivity index (χ1n) is 9.43. The zero-order chi connectivity index (χ0) is 18.9. The number of nitrogens with one attached hydrogen (secondary N) is 2. The molecular weight excluding hydrogens is 344 g/mol. The van der Waals surface area contributed by atoms with Crippen LogP contribution in [0.25, 0.3) is 0 Å². The molecule has 7 heteroatoms. The molecule has 0 saturated carbocycles. The van der Waals surface area contributed by atoms with Gasteiger partial charge in [0, 0.05) is 44.1 Å². The first-order chi connectivity index (χ1) is 13.0. The Balaban J connectivity index is 1.49. The molecule has 27 heavy (non-hydrogen) atoms. The Labute approximate surface area is 157 Å². The van der Waals surface area contributed by atoms with Crippen molar-refractivity contribution in [3.05, 3.63) is 58.0 Å². The van der Waals surface area contributed by atoms with Crippen molar-refractivity contribution in [2.24, 2.45) is 5.41 Å². The van der Waals surface area contributed by atoms with Gasteiger partial charge in [-0.15, -0.1) is 0 Å². The lowest BCUT2D eigenvalue weighted by atomic mass is 9.73. The number of carbonyl (C=O) groups is 2. The van der Waals surface area contributed by atoms with Crippen molar-refractivity contribution >= 4 is 11.8 Å². The molecule has 4 rings (SSSR count). The summed E-state index contributed by atoms with van der Waals surface area (Å²) in [4.78, 5) is 40.3. The fraction of sp³-hybridized carbons (Fsp3) is 0.450. The number of hydrogen-bond donors (Lipinski definition) is 2. The van der Waals surface area contributed by atoms with Gasteiger partial charge in [0.15, 0.2) is 0 Å². The van der Waals surface area contributed by atoms with Crippen molar-refractivity contribution in [2.75, 3.05) is 19.6 Å². The minimum absolute atomic E-state index is 0.0623. The number of hydrogen-bond acceptors (Lipinski definition) is 3. The number of benzene rings is 1. The number of amides is 2. The highest BCUT2D eigenvalue weighted by molar-refractivity contribution is 5.92. The molecule has 1 aromatic carbocycles. The molecule has 2 fully saturated rings. The quantitative estimate of drug-likeness (QED) is 0.865. The smallest absolute Gasteiger partial charge is 0.271 e. The Morgan fingerprint density at radius 2 is 1.89 bits per heavy atom. The maximum absolute atomic E-state index is 12.7. The van der Waals surface area contributed by atoms with Gasteiger partial charge in [-0.05, 0) is 24.8 Å². The predicted molar refractivity (Wildman–Crippen MR) is 100 cm³/mol. The highest BCUT2D eigenvalue weighted by atomic mass is 16.2. The molecule has 2 N–H and O–H groups in total. The fourth-order valence-corrected chi connectivity index (χ4v) is 4.38. The fourth-order valence-electron chi connectivity index (χ4n) is 4.38. The molecule has 7 nitrogen and oxygen atoms in total. The topological polar surface area (TPSA) is 89.3 Å². The van der Waals surface area contributed by atoms with E-state index in [4.69, 9.17) is 0 Å². The molecule has 0 radical (unpaired) electrons. The zero-order valence-electron chi connectivity index (χ0n) is 15.2. The summed E-state index contributed by atoms with van der Waals surface area (Å²) in [6, 6.07) is 11.3. The molecule has 142 valence electrons. The normalized spacial score (nSPS) is 23.0. The average molecular weight is 368 g/mol. The average Bonchev–Trinajstić information content (AvgIpc) is 3.12. The molecular formula is C20H24N4O3. The second kappa shape index (κ2) is 7.06. The van der Waals surface area contributed by atoms with E-state index in [2.05, 4.69) is 10.2 Å². The lowest BCUT2D eigenvalue weighted by Crippen LogP contribution is -2.54. The van der Waals surface area contributed by atoms with Crippen LogP contribution in [0.4, 0.5) is 0 Å². The van der Waals surface area contributed by atoms with E-state index in [1.54, 1.807) is 0 Å². The molecule has 2 aromatic rings. The van der Waals surface area contributed by atoms with Gasteiger partial charge in [0.25, 0.3) is 11.5 Å². The van der Waals surface area contributed by atoms with Crippen molar-refractivity contribution < 1.29 is 9.59 Å². The lowest BCUT2D eigenvalue weighted by Gasteiger charge is -2.48. The van der Waals surface area contributed by atoms with E-state index in [1.807, 2.05) is 40.1 Å². The monoisotopic (exact) mass is 368 g/mol. The third kappa shape index (κ3) is 3.67. The molecule has 2 amide bonds. The SMILES string of the molecule is O=C1CC[C@@]2(CCCN(C(=O)c3cc(=O)[nH][nH]3)C2)CN1Cc1ccccc1. The Morgan fingerprint density at radius 3 is 2.63 bits per heavy atom. The van der Waals surface area contributed by atoms with E-state index >= 15 is 0 Å². The number of aromatic nitrogens is 2. The summed E-state index contributed by atoms with van der Waals surface area (Å²) < 4.78 is 0. The van der Waals surface area contributed by atoms with Crippen LogP contribution >= 0.6 is 0 Å². The summed E-state index contributed by atoms with van der Waals surface area (Å²) in [6.07, 6.45) is 3.26. The number of nitrogens with zero attached hydrogens (tertiary/aromatic N) is 2. The van der Waals surface area contributed by atoms with Gasteiger partial charge in [0.1, 0.15) is 5.69 Å². The van der Waals surface area contributed by atoms with Crippen LogP contribution in [0.15, 0.2) is 41.2 Å². The van der Waals surface area contributed by atoms with Gasteiger partial charge < -0.3 is 9.80 Å². The summed E-state index contributed by atoms with van der Waals surface area (Å²) in [6.45, 7) is 2.59. The molecule has 2 aliphatic heterocycles. The van der Waals surface area contributed by atoms with E-state index in [-0.39, 0.29) is 22.8 Å². The van der Waals surface area contributed by atoms with Crippen molar-refractivity contribution in [3.8, 4) is 0 Å². The zero-order valence-corrected chi connectivity index (χ0v) is 15.2. The Hall–Kier alpha value is -2.83. The standard InChI is InChI=1S/C20H24N4O3/c25-17-11-16(21-22-17)19(27)23-10-4-8-20(13-23)9-7-18(26)24(14-20)12-15-5-2-1-3-6-15/h1-3,5-6,11H,4,7-10,12-14H2,(H2,21,22,25)/t20-/m1/s1. The van der Waals surface area contributed by atoms with Crippen LogP contribution in [0.5, 0.6) is 0 Å². The van der Waals surface area contributed by atoms with Crippen molar-refractivity contribution in [3.63, 3.8) is 0 Å². The number of piperidine rings is 2. The van der Waals surface area contributed by atoms with Gasteiger partial charge >= 0.3 is 0 Å². The molecule has 2 aliphatic rings. The Bertz CT molecular complexity index is 888. The minimum atomic E-state index is -0.303. The van der Waals surface area contributed by atoms with Gasteiger partial charge in [0.2, 0.25) is 5.91 Å². The summed E-state index contributed by atoms with van der Waals surface area (Å²) in [5.41, 5.74) is 1.05. The van der Waals surface area contributed by atoms with Gasteiger partial charge in [-0.1, -0.05) is 30.3 Å². The maximum atomic E-state index is 12.7. The molecule has 1 spiro atoms. The van der Waals surface area contributed by atoms with Crippen molar-refractivity contribution in [1.82, 2.24) is 20.0 Å². The largest absolute Gasteiger partial charge is 0.338 e. The van der Waals surface area contributed by atoms with Crippen LogP contribution in [0.2, 0.25) is 0 Å². The van der Waals surface area contributed by atoms with Crippen LogP contribution in [0.3, 0.4) is 0 Å². The first-order valence-corrected chi connectivity index (χ1v) is 9.43. The Kier molecular flexibility index (Phi) is 4.59. The lowest BCUT2D eigenvalue weighted by molar-refractivity contribution is -0.139. The summed E-state index contributed by atoms with van der Waals surface area (Å²) >= 11 is 0. The number of likely N-dealkylation sites (tertiary alicyclic amines) is 2. The van der Waals surface area contributed by atoms with Crippen LogP contribution in [-0.4, -0.2) is 51.4 Å². The van der Waals surface area contributed by atoms with Crippen LogP contribution in [-0.2, 0) is 11.3 Å². The summed E-state index contributed by atoms with van der Waals surface area (Å²) in [5.74, 6) is 0.0295. The second-order valence-corrected chi connectivity index (χ2v) is 7.74. The van der Waals surface area contributed by atoms with E-state index in [0.717, 1.165) is 24.8 Å². The van der Waals surface area contributed by atoms with Crippen molar-refractivity contribution in [1.29, 1.82) is 0 Å². The van der Waals surface area contributed by atoms with Crippen LogP contribution in [0.1, 0.15) is 41.7 Å². The predicted octanol–water partition coefficient (Wildman–Crippen LogP) is 1.75. The number of rotatable bonds is 3. The third-order valence-corrected chi connectivity index (χ3v) is 5.74. The number of aromatic amines is 2. The van der Waals surface area contributed by atoms with E-state index in [0.29, 0.717) is 38.3 Å². The second-order valence-electron chi connectivity index (χ2n) is 7.74. The maximum Gasteiger partial charge on any atom is 0.271 e. The molecule has 1 aromatic heterocycles. The van der Waals surface area contributed by atoms with Gasteiger partial charge in [0.05, 0.1) is 0 Å². The summed E-state index contributed by atoms with van der Waals surface area (Å²) in [5, 5.41) is 5.07. The van der Waals surface area contributed by atoms with E-state index < -0.39 is 0 Å². The number of carbonyl (C=O) groups excluding carboxylic acids is 2. The Morgan fingerprint density at radius 1 is 1.07 bits per heavy atom. The number of H-pyrrole nitrogens is 2. The van der Waals surface area contributed by atoms with Crippen LogP contribution in [0, 0.1) is 5.41 Å². The van der Waals surface area contributed by atoms with E-state index in [1.165, 1.54) is 6.07 Å². The molecule has 2 saturated heterocycles. The van der Waals surface area contributed by atoms with Crippen LogP contribution < -0.4 is 5.56 Å². The highest BCUT2D eigenvalue weighted by Crippen LogP contribution is 2.39. The minimum Gasteiger partial charge on any atom is -0.338 e. The molecule has 1 atom stereocenters. The van der Waals surface area contributed by atoms with Gasteiger partial charge in [-0.25, -0.2) is 0 Å². The molecule has 3 heterocycles.